The van der Waals surface area contributed by atoms with Crippen LogP contribution in [0.4, 0.5) is 11.4 Å². The largest absolute Gasteiger partial charge is 0.378 e. The zero-order chi connectivity index (χ0) is 30.2. The van der Waals surface area contributed by atoms with Gasteiger partial charge in [-0.25, -0.2) is 9.97 Å². The van der Waals surface area contributed by atoms with Crippen LogP contribution >= 0.6 is 0 Å². The highest BCUT2D eigenvalue weighted by Crippen LogP contribution is 2.40. The number of benzene rings is 5. The van der Waals surface area contributed by atoms with Crippen LogP contribution < -0.4 is 9.80 Å². The third-order valence-electron chi connectivity index (χ3n) is 8.29. The summed E-state index contributed by atoms with van der Waals surface area (Å²) >= 11 is 0. The first-order valence-electron chi connectivity index (χ1n) is 14.9. The minimum Gasteiger partial charge on any atom is -0.378 e. The van der Waals surface area contributed by atoms with Crippen molar-refractivity contribution in [2.75, 3.05) is 38.0 Å². The molecule has 0 bridgehead atoms. The van der Waals surface area contributed by atoms with Crippen molar-refractivity contribution in [2.45, 2.75) is 0 Å². The molecule has 5 aromatic carbocycles. The lowest BCUT2D eigenvalue weighted by atomic mass is 9.93. The fraction of sp³-hybridized carbons (Fsp3) is 0.100. The van der Waals surface area contributed by atoms with E-state index in [2.05, 4.69) is 159 Å². The molecular weight excluding hydrogens is 536 g/mol. The molecule has 7 rings (SSSR count). The van der Waals surface area contributed by atoms with Crippen LogP contribution in [0.2, 0.25) is 0 Å². The molecule has 0 radical (unpaired) electrons. The predicted octanol–water partition coefficient (Wildman–Crippen LogP) is 9.58. The lowest BCUT2D eigenvalue weighted by molar-refractivity contribution is 1.13. The Kier molecular flexibility index (Phi) is 7.03. The Hall–Kier alpha value is -5.48. The first-order valence-corrected chi connectivity index (χ1v) is 14.9. The molecule has 44 heavy (non-hydrogen) atoms. The van der Waals surface area contributed by atoms with E-state index in [0.717, 1.165) is 66.6 Å². The molecule has 0 amide bonds. The molecule has 2 aromatic heterocycles. The van der Waals surface area contributed by atoms with E-state index in [1.165, 1.54) is 11.4 Å². The Balaban J connectivity index is 1.55. The van der Waals surface area contributed by atoms with Crippen molar-refractivity contribution in [3.05, 3.63) is 133 Å². The van der Waals surface area contributed by atoms with E-state index in [4.69, 9.17) is 9.97 Å². The summed E-state index contributed by atoms with van der Waals surface area (Å²) in [5.41, 5.74) is 12.7. The highest BCUT2D eigenvalue weighted by Gasteiger charge is 2.17. The minimum absolute atomic E-state index is 0.902. The average Bonchev–Trinajstić information content (AvgIpc) is 3.08. The summed E-state index contributed by atoms with van der Waals surface area (Å²) in [5, 5.41) is 2.17. The summed E-state index contributed by atoms with van der Waals surface area (Å²) in [5.74, 6) is 0. The summed E-state index contributed by atoms with van der Waals surface area (Å²) in [6.45, 7) is 0. The van der Waals surface area contributed by atoms with Gasteiger partial charge in [0.2, 0.25) is 0 Å². The molecule has 214 valence electrons. The number of hydrogen-bond acceptors (Lipinski definition) is 4. The standard InChI is InChI=1S/C40H34N4/c1-43(2)31-19-15-27(16-20-31)35-25-37(29-11-7-5-8-12-29)41-39-33(35)23-24-34-36(28-17-21-32(22-18-28)44(3)4)26-38(42-40(34)39)30-13-9-6-10-14-30/h5-26H,1-4H3. The van der Waals surface area contributed by atoms with E-state index in [-0.39, 0.29) is 0 Å². The molecule has 0 spiro atoms. The van der Waals surface area contributed by atoms with Crippen molar-refractivity contribution in [3.63, 3.8) is 0 Å². The first-order chi connectivity index (χ1) is 21.5. The van der Waals surface area contributed by atoms with Crippen molar-refractivity contribution >= 4 is 33.2 Å². The van der Waals surface area contributed by atoms with E-state index in [0.29, 0.717) is 0 Å². The summed E-state index contributed by atoms with van der Waals surface area (Å²) in [6, 6.07) is 47.2. The minimum atomic E-state index is 0.902. The maximum absolute atomic E-state index is 5.34. The monoisotopic (exact) mass is 570 g/mol. The van der Waals surface area contributed by atoms with Gasteiger partial charge in [0.1, 0.15) is 0 Å². The topological polar surface area (TPSA) is 32.3 Å². The van der Waals surface area contributed by atoms with E-state index >= 15 is 0 Å². The Morgan fingerprint density at radius 3 is 1.09 bits per heavy atom. The highest BCUT2D eigenvalue weighted by atomic mass is 15.1. The molecular formula is C40H34N4. The molecule has 0 aliphatic carbocycles. The zero-order valence-corrected chi connectivity index (χ0v) is 25.5. The summed E-state index contributed by atoms with van der Waals surface area (Å²) in [4.78, 5) is 14.9. The molecule has 0 atom stereocenters. The van der Waals surface area contributed by atoms with Crippen LogP contribution in [0.5, 0.6) is 0 Å². The van der Waals surface area contributed by atoms with Gasteiger partial charge in [-0.05, 0) is 58.7 Å². The normalized spacial score (nSPS) is 11.2. The van der Waals surface area contributed by atoms with Gasteiger partial charge in [-0.1, -0.05) is 97.1 Å². The van der Waals surface area contributed by atoms with Gasteiger partial charge in [-0.2, -0.15) is 0 Å². The van der Waals surface area contributed by atoms with Gasteiger partial charge in [0.05, 0.1) is 22.4 Å². The molecule has 0 aliphatic rings. The predicted molar refractivity (Wildman–Crippen MR) is 187 cm³/mol. The molecule has 4 nitrogen and oxygen atoms in total. The number of fused-ring (bicyclic) bond motifs is 3. The van der Waals surface area contributed by atoms with Gasteiger partial charge in [0, 0.05) is 61.5 Å². The van der Waals surface area contributed by atoms with E-state index in [9.17, 15) is 0 Å². The van der Waals surface area contributed by atoms with Gasteiger partial charge in [0.25, 0.3) is 0 Å². The van der Waals surface area contributed by atoms with Crippen molar-refractivity contribution in [2.24, 2.45) is 0 Å². The number of pyridine rings is 2. The van der Waals surface area contributed by atoms with Crippen molar-refractivity contribution < 1.29 is 0 Å². The van der Waals surface area contributed by atoms with Gasteiger partial charge in [0.15, 0.2) is 0 Å². The van der Waals surface area contributed by atoms with Gasteiger partial charge >= 0.3 is 0 Å². The van der Waals surface area contributed by atoms with Crippen LogP contribution in [0.25, 0.3) is 66.6 Å². The number of nitrogens with zero attached hydrogens (tertiary/aromatic N) is 4. The SMILES string of the molecule is CN(C)c1ccc(-c2cc(-c3ccccc3)nc3c2ccc2c(-c4ccc(N(C)C)cc4)cc(-c4ccccc4)nc23)cc1. The van der Waals surface area contributed by atoms with Crippen LogP contribution in [0.1, 0.15) is 0 Å². The van der Waals surface area contributed by atoms with E-state index in [1.54, 1.807) is 0 Å². The van der Waals surface area contributed by atoms with Crippen molar-refractivity contribution in [1.82, 2.24) is 9.97 Å². The molecule has 0 fully saturated rings. The van der Waals surface area contributed by atoms with E-state index in [1.807, 2.05) is 12.1 Å². The third-order valence-corrected chi connectivity index (χ3v) is 8.29. The maximum Gasteiger partial charge on any atom is 0.0978 e. The Labute approximate surface area is 258 Å². The lowest BCUT2D eigenvalue weighted by Crippen LogP contribution is -2.08. The van der Waals surface area contributed by atoms with E-state index < -0.39 is 0 Å². The van der Waals surface area contributed by atoms with Crippen LogP contribution in [-0.4, -0.2) is 38.2 Å². The summed E-state index contributed by atoms with van der Waals surface area (Å²) in [6.07, 6.45) is 0. The highest BCUT2D eigenvalue weighted by molar-refractivity contribution is 6.13. The molecule has 2 heterocycles. The van der Waals surface area contributed by atoms with Crippen molar-refractivity contribution in [1.29, 1.82) is 0 Å². The Bertz CT molecular complexity index is 1930. The number of anilines is 2. The maximum atomic E-state index is 5.34. The Morgan fingerprint density at radius 2 is 0.750 bits per heavy atom. The molecule has 7 aromatic rings. The van der Waals surface area contributed by atoms with Crippen molar-refractivity contribution in [3.8, 4) is 44.8 Å². The van der Waals surface area contributed by atoms with Crippen LogP contribution in [0, 0.1) is 0 Å². The summed E-state index contributed by atoms with van der Waals surface area (Å²) < 4.78 is 0. The van der Waals surface area contributed by atoms with Gasteiger partial charge < -0.3 is 9.80 Å². The van der Waals surface area contributed by atoms with Crippen LogP contribution in [0.15, 0.2) is 133 Å². The summed E-state index contributed by atoms with van der Waals surface area (Å²) in [7, 11) is 8.27. The van der Waals surface area contributed by atoms with Gasteiger partial charge in [-0.15, -0.1) is 0 Å². The molecule has 0 saturated carbocycles. The lowest BCUT2D eigenvalue weighted by Gasteiger charge is -2.17. The first kappa shape index (κ1) is 27.4. The quantitative estimate of drug-likeness (QED) is 0.186. The second kappa shape index (κ2) is 11.3. The number of aromatic nitrogens is 2. The fourth-order valence-corrected chi connectivity index (χ4v) is 5.84. The smallest absolute Gasteiger partial charge is 0.0978 e. The molecule has 0 unspecified atom stereocenters. The number of rotatable bonds is 6. The zero-order valence-electron chi connectivity index (χ0n) is 25.5. The van der Waals surface area contributed by atoms with Crippen LogP contribution in [0.3, 0.4) is 0 Å². The second-order valence-electron chi connectivity index (χ2n) is 11.6. The Morgan fingerprint density at radius 1 is 0.386 bits per heavy atom. The molecule has 0 saturated heterocycles. The fourth-order valence-electron chi connectivity index (χ4n) is 5.84. The average molecular weight is 571 g/mol. The van der Waals surface area contributed by atoms with Gasteiger partial charge in [-0.3, -0.25) is 0 Å². The third kappa shape index (κ3) is 5.05. The molecule has 0 aliphatic heterocycles. The number of hydrogen-bond donors (Lipinski definition) is 0. The second-order valence-corrected chi connectivity index (χ2v) is 11.6. The molecule has 4 heteroatoms. The van der Waals surface area contributed by atoms with Crippen LogP contribution in [-0.2, 0) is 0 Å². The molecule has 0 N–H and O–H groups in total.